The van der Waals surface area contributed by atoms with Gasteiger partial charge in [-0.2, -0.15) is 0 Å². The molecule has 20 heavy (non-hydrogen) atoms. The van der Waals surface area contributed by atoms with Crippen molar-refractivity contribution < 1.29 is 22.8 Å². The van der Waals surface area contributed by atoms with E-state index < -0.39 is 21.6 Å². The Hall–Kier alpha value is -1.86. The van der Waals surface area contributed by atoms with E-state index in [2.05, 4.69) is 5.16 Å². The van der Waals surface area contributed by atoms with Crippen LogP contribution < -0.4 is 0 Å². The molecule has 2 rings (SSSR count). The zero-order valence-corrected chi connectivity index (χ0v) is 11.9. The predicted molar refractivity (Wildman–Crippen MR) is 70.5 cm³/mol. The third-order valence-corrected chi connectivity index (χ3v) is 4.69. The van der Waals surface area contributed by atoms with E-state index >= 15 is 0 Å². The lowest BCUT2D eigenvalue weighted by atomic mass is 10.1. The first-order valence-electron chi connectivity index (χ1n) is 5.47. The molecule has 0 fully saturated rings. The van der Waals surface area contributed by atoms with Crippen molar-refractivity contribution in [1.82, 2.24) is 5.16 Å². The molecule has 106 valence electrons. The van der Waals surface area contributed by atoms with Gasteiger partial charge in [0.25, 0.3) is 0 Å². The Morgan fingerprint density at radius 1 is 1.45 bits per heavy atom. The summed E-state index contributed by atoms with van der Waals surface area (Å²) in [5, 5.41) is 12.5. The van der Waals surface area contributed by atoms with Crippen molar-refractivity contribution in [3.63, 3.8) is 0 Å². The molecule has 2 aromatic rings. The summed E-state index contributed by atoms with van der Waals surface area (Å²) in [4.78, 5) is 11.0. The van der Waals surface area contributed by atoms with E-state index in [4.69, 9.17) is 21.2 Å². The fourth-order valence-corrected chi connectivity index (χ4v) is 3.63. The highest BCUT2D eigenvalue weighted by atomic mass is 35.5. The minimum absolute atomic E-state index is 0.0455. The number of rotatable bonds is 4. The van der Waals surface area contributed by atoms with Crippen molar-refractivity contribution >= 4 is 27.4 Å². The topological polar surface area (TPSA) is 97.5 Å². The Morgan fingerprint density at radius 2 is 2.15 bits per heavy atom. The van der Waals surface area contributed by atoms with Crippen LogP contribution in [0, 0.1) is 6.92 Å². The highest BCUT2D eigenvalue weighted by Gasteiger charge is 2.23. The summed E-state index contributed by atoms with van der Waals surface area (Å²) in [5.41, 5.74) is -0.00457. The quantitative estimate of drug-likeness (QED) is 0.929. The predicted octanol–water partition coefficient (Wildman–Crippen LogP) is 2.31. The molecule has 1 heterocycles. The lowest BCUT2D eigenvalue weighted by Gasteiger charge is -2.09. The number of carbonyl (C=O) groups is 1. The molecule has 8 heteroatoms. The summed E-state index contributed by atoms with van der Waals surface area (Å²) < 4.78 is 29.4. The van der Waals surface area contributed by atoms with Gasteiger partial charge in [0, 0.05) is 11.1 Å². The van der Waals surface area contributed by atoms with Crippen molar-refractivity contribution in [2.45, 2.75) is 17.6 Å². The van der Waals surface area contributed by atoms with E-state index in [1.54, 1.807) is 0 Å². The van der Waals surface area contributed by atoms with Crippen molar-refractivity contribution in [1.29, 1.82) is 0 Å². The Balaban J connectivity index is 2.54. The van der Waals surface area contributed by atoms with E-state index in [1.807, 2.05) is 0 Å². The largest absolute Gasteiger partial charge is 0.478 e. The second kappa shape index (κ2) is 5.26. The monoisotopic (exact) mass is 315 g/mol. The number of carboxylic acids is 1. The molecule has 1 N–H and O–H groups in total. The first-order chi connectivity index (χ1) is 9.31. The van der Waals surface area contributed by atoms with E-state index in [9.17, 15) is 13.2 Å². The number of carboxylic acid groups (broad SMARTS) is 1. The number of aromatic carboxylic acids is 1. The molecule has 0 saturated heterocycles. The number of hydrogen-bond acceptors (Lipinski definition) is 5. The molecule has 1 aromatic heterocycles. The summed E-state index contributed by atoms with van der Waals surface area (Å²) in [6.45, 7) is 1.42. The Morgan fingerprint density at radius 3 is 2.70 bits per heavy atom. The number of benzene rings is 1. The van der Waals surface area contributed by atoms with Gasteiger partial charge in [0.15, 0.2) is 15.6 Å². The summed E-state index contributed by atoms with van der Waals surface area (Å²) in [6.07, 6.45) is 1.33. The fraction of sp³-hybridized carbons (Fsp3) is 0.167. The van der Waals surface area contributed by atoms with E-state index in [-0.39, 0.29) is 26.8 Å². The smallest absolute Gasteiger partial charge is 0.336 e. The molecule has 0 aliphatic rings. The fourth-order valence-electron chi connectivity index (χ4n) is 1.78. The van der Waals surface area contributed by atoms with Gasteiger partial charge in [-0.25, -0.2) is 13.2 Å². The van der Waals surface area contributed by atoms with Crippen molar-refractivity contribution in [2.24, 2.45) is 0 Å². The van der Waals surface area contributed by atoms with Crippen LogP contribution in [0.5, 0.6) is 0 Å². The summed E-state index contributed by atoms with van der Waals surface area (Å²) >= 11 is 5.79. The minimum Gasteiger partial charge on any atom is -0.478 e. The Kier molecular flexibility index (Phi) is 3.82. The highest BCUT2D eigenvalue weighted by molar-refractivity contribution is 7.90. The van der Waals surface area contributed by atoms with Crippen LogP contribution in [0.1, 0.15) is 21.7 Å². The lowest BCUT2D eigenvalue weighted by molar-refractivity contribution is 0.0696. The molecule has 6 nitrogen and oxygen atoms in total. The van der Waals surface area contributed by atoms with E-state index in [0.717, 1.165) is 0 Å². The highest BCUT2D eigenvalue weighted by Crippen LogP contribution is 2.27. The van der Waals surface area contributed by atoms with Gasteiger partial charge >= 0.3 is 5.97 Å². The van der Waals surface area contributed by atoms with Gasteiger partial charge in [-0.3, -0.25) is 0 Å². The maximum atomic E-state index is 12.3. The molecule has 0 spiro atoms. The molecule has 0 atom stereocenters. The normalized spacial score (nSPS) is 11.5. The average molecular weight is 316 g/mol. The van der Waals surface area contributed by atoms with Crippen molar-refractivity contribution in [2.75, 3.05) is 0 Å². The molecular formula is C12H10ClNO5S. The summed E-state index contributed by atoms with van der Waals surface area (Å²) in [7, 11) is -3.77. The molecule has 0 aliphatic heterocycles. The van der Waals surface area contributed by atoms with Gasteiger partial charge in [-0.15, -0.1) is 0 Å². The van der Waals surface area contributed by atoms with Gasteiger partial charge < -0.3 is 9.63 Å². The standard InChI is InChI=1S/C12H10ClNO5S/c1-7-10(12(15)16)4-8(13)5-11(7)20(17,18)6-9-2-3-14-19-9/h2-5H,6H2,1H3,(H,15,16). The van der Waals surface area contributed by atoms with Crippen LogP contribution in [0.4, 0.5) is 0 Å². The van der Waals surface area contributed by atoms with Gasteiger partial charge in [0.1, 0.15) is 5.75 Å². The van der Waals surface area contributed by atoms with Crippen LogP contribution in [0.2, 0.25) is 5.02 Å². The molecule has 0 radical (unpaired) electrons. The van der Waals surface area contributed by atoms with E-state index in [1.165, 1.54) is 31.3 Å². The molecule has 0 saturated carbocycles. The van der Waals surface area contributed by atoms with Crippen LogP contribution in [-0.4, -0.2) is 24.7 Å². The molecule has 0 amide bonds. The first kappa shape index (κ1) is 14.5. The second-order valence-corrected chi connectivity index (χ2v) is 6.51. The third-order valence-electron chi connectivity index (χ3n) is 2.71. The van der Waals surface area contributed by atoms with Crippen molar-refractivity contribution in [3.05, 3.63) is 46.3 Å². The average Bonchev–Trinajstić information content (AvgIpc) is 2.83. The number of halogens is 1. The van der Waals surface area contributed by atoms with Crippen LogP contribution in [-0.2, 0) is 15.6 Å². The van der Waals surface area contributed by atoms with Crippen LogP contribution in [0.3, 0.4) is 0 Å². The number of sulfone groups is 1. The first-order valence-corrected chi connectivity index (χ1v) is 7.50. The van der Waals surface area contributed by atoms with Gasteiger partial charge in [0.2, 0.25) is 0 Å². The van der Waals surface area contributed by atoms with Crippen molar-refractivity contribution in [3.8, 4) is 0 Å². The molecule has 1 aromatic carbocycles. The SMILES string of the molecule is Cc1c(C(=O)O)cc(Cl)cc1S(=O)(=O)Cc1ccno1. The van der Waals surface area contributed by atoms with Crippen LogP contribution >= 0.6 is 11.6 Å². The summed E-state index contributed by atoms with van der Waals surface area (Å²) in [5.74, 6) is -1.48. The molecular weight excluding hydrogens is 306 g/mol. The summed E-state index contributed by atoms with van der Waals surface area (Å²) in [6, 6.07) is 3.87. The molecule has 0 bridgehead atoms. The number of aromatic nitrogens is 1. The molecule has 0 unspecified atom stereocenters. The Labute approximate surface area is 119 Å². The zero-order chi connectivity index (χ0) is 14.9. The molecule has 0 aliphatic carbocycles. The third kappa shape index (κ3) is 2.83. The minimum atomic E-state index is -3.77. The van der Waals surface area contributed by atoms with Crippen LogP contribution in [0.25, 0.3) is 0 Å². The number of hydrogen-bond donors (Lipinski definition) is 1. The maximum absolute atomic E-state index is 12.3. The Bertz CT molecular complexity index is 752. The van der Waals surface area contributed by atoms with Gasteiger partial charge in [0.05, 0.1) is 16.7 Å². The van der Waals surface area contributed by atoms with Gasteiger partial charge in [-0.1, -0.05) is 16.8 Å². The lowest BCUT2D eigenvalue weighted by Crippen LogP contribution is -2.10. The second-order valence-electron chi connectivity index (χ2n) is 4.12. The maximum Gasteiger partial charge on any atom is 0.336 e. The number of nitrogens with zero attached hydrogens (tertiary/aromatic N) is 1. The van der Waals surface area contributed by atoms with Crippen LogP contribution in [0.15, 0.2) is 33.8 Å². The zero-order valence-electron chi connectivity index (χ0n) is 10.3. The van der Waals surface area contributed by atoms with Gasteiger partial charge in [-0.05, 0) is 24.6 Å². The van der Waals surface area contributed by atoms with E-state index in [0.29, 0.717) is 0 Å².